The minimum absolute atomic E-state index is 0.340. The zero-order valence-electron chi connectivity index (χ0n) is 15.9. The number of imidazole rings is 1. The molecule has 0 atom stereocenters. The quantitative estimate of drug-likeness (QED) is 0.557. The van der Waals surface area contributed by atoms with Crippen molar-refractivity contribution in [3.63, 3.8) is 0 Å². The van der Waals surface area contributed by atoms with Gasteiger partial charge in [-0.3, -0.25) is 0 Å². The number of nitrogens with one attached hydrogen (secondary N) is 1. The highest BCUT2D eigenvalue weighted by Gasteiger charge is 2.10. The number of aryl methyl sites for hydroxylation is 1. The summed E-state index contributed by atoms with van der Waals surface area (Å²) >= 11 is 0. The molecule has 3 aromatic rings. The predicted octanol–water partition coefficient (Wildman–Crippen LogP) is 5.34. The van der Waals surface area contributed by atoms with Crippen LogP contribution >= 0.6 is 0 Å². The van der Waals surface area contributed by atoms with Gasteiger partial charge in [-0.2, -0.15) is 0 Å². The number of rotatable bonds is 0. The van der Waals surface area contributed by atoms with Crippen LogP contribution in [0.25, 0.3) is 0 Å². The fourth-order valence-electron chi connectivity index (χ4n) is 2.66. The van der Waals surface area contributed by atoms with Crippen LogP contribution in [-0.2, 0) is 4.74 Å². The third-order valence-corrected chi connectivity index (χ3v) is 4.00. The van der Waals surface area contributed by atoms with Crippen molar-refractivity contribution in [2.24, 2.45) is 20.5 Å². The highest BCUT2D eigenvalue weighted by molar-refractivity contribution is 5.55. The molecule has 148 valence electrons. The number of aromatic nitrogens is 2. The summed E-state index contributed by atoms with van der Waals surface area (Å²) in [7, 11) is 0. The van der Waals surface area contributed by atoms with Crippen molar-refractivity contribution in [3.8, 4) is 11.5 Å². The summed E-state index contributed by atoms with van der Waals surface area (Å²) in [5, 5.41) is 17.1. The molecule has 9 nitrogen and oxygen atoms in total. The summed E-state index contributed by atoms with van der Waals surface area (Å²) in [6.07, 6.45) is 0. The van der Waals surface area contributed by atoms with E-state index >= 15 is 0 Å². The number of para-hydroxylation sites is 2. The molecular formula is C20H20N6O3. The molecule has 1 aromatic heterocycles. The normalized spacial score (nSPS) is 14.7. The number of aromatic amines is 1. The lowest BCUT2D eigenvalue weighted by Gasteiger charge is -2.10. The number of ether oxygens (including phenoxy) is 3. The topological polar surface area (TPSA) is 106 Å². The molecule has 0 bridgehead atoms. The number of H-pyrrole nitrogens is 1. The SMILES string of the molecule is Cc1nc2c([nH]1)N=Nc1ccccc1OCCOCCOc1ccccc1N=N2. The fourth-order valence-corrected chi connectivity index (χ4v) is 2.66. The Kier molecular flexibility index (Phi) is 5.87. The van der Waals surface area contributed by atoms with Gasteiger partial charge in [-0.25, -0.2) is 4.98 Å². The number of hydrogen-bond donors (Lipinski definition) is 1. The van der Waals surface area contributed by atoms with Crippen LogP contribution in [0, 0.1) is 6.92 Å². The van der Waals surface area contributed by atoms with Gasteiger partial charge < -0.3 is 19.2 Å². The molecule has 2 heterocycles. The average Bonchev–Trinajstić information content (AvgIpc) is 3.10. The highest BCUT2D eigenvalue weighted by atomic mass is 16.5. The van der Waals surface area contributed by atoms with Gasteiger partial charge in [0, 0.05) is 0 Å². The summed E-state index contributed by atoms with van der Waals surface area (Å²) in [6.45, 7) is 3.46. The fraction of sp³-hybridized carbons (Fsp3) is 0.250. The van der Waals surface area contributed by atoms with E-state index in [1.807, 2.05) is 55.5 Å². The van der Waals surface area contributed by atoms with E-state index in [2.05, 4.69) is 30.4 Å². The summed E-state index contributed by atoms with van der Waals surface area (Å²) in [5.74, 6) is 2.64. The lowest BCUT2D eigenvalue weighted by atomic mass is 10.3. The molecule has 0 amide bonds. The Labute approximate surface area is 167 Å². The van der Waals surface area contributed by atoms with Crippen molar-refractivity contribution in [1.82, 2.24) is 9.97 Å². The summed E-state index contributed by atoms with van der Waals surface area (Å²) in [6, 6.07) is 14.8. The van der Waals surface area contributed by atoms with Crippen LogP contribution < -0.4 is 9.47 Å². The zero-order valence-corrected chi connectivity index (χ0v) is 15.9. The maximum Gasteiger partial charge on any atom is 0.221 e. The minimum Gasteiger partial charge on any atom is -0.489 e. The number of hydrogen-bond acceptors (Lipinski definition) is 8. The van der Waals surface area contributed by atoms with Gasteiger partial charge in [0.15, 0.2) is 0 Å². The third-order valence-electron chi connectivity index (χ3n) is 4.00. The van der Waals surface area contributed by atoms with E-state index in [0.717, 1.165) is 0 Å². The number of benzene rings is 2. The second-order valence-electron chi connectivity index (χ2n) is 6.14. The van der Waals surface area contributed by atoms with E-state index in [1.165, 1.54) is 0 Å². The van der Waals surface area contributed by atoms with E-state index in [4.69, 9.17) is 14.2 Å². The van der Waals surface area contributed by atoms with E-state index < -0.39 is 0 Å². The second kappa shape index (κ2) is 9.07. The molecule has 9 heteroatoms. The number of fused-ring (bicyclic) bond motifs is 3. The maximum atomic E-state index is 5.78. The first-order valence-corrected chi connectivity index (χ1v) is 9.21. The van der Waals surface area contributed by atoms with Crippen molar-refractivity contribution in [3.05, 3.63) is 54.4 Å². The summed E-state index contributed by atoms with van der Waals surface area (Å²) < 4.78 is 17.1. The van der Waals surface area contributed by atoms with Crippen molar-refractivity contribution >= 4 is 23.0 Å². The lowest BCUT2D eigenvalue weighted by molar-refractivity contribution is 0.0767. The van der Waals surface area contributed by atoms with Crippen LogP contribution in [0.1, 0.15) is 5.82 Å². The van der Waals surface area contributed by atoms with Crippen LogP contribution in [0.4, 0.5) is 23.0 Å². The molecule has 0 spiro atoms. The molecule has 1 aliphatic rings. The van der Waals surface area contributed by atoms with Crippen LogP contribution in [0.3, 0.4) is 0 Å². The predicted molar refractivity (Wildman–Crippen MR) is 106 cm³/mol. The van der Waals surface area contributed by atoms with Crippen molar-refractivity contribution in [2.75, 3.05) is 26.4 Å². The molecule has 1 aliphatic heterocycles. The molecule has 4 rings (SSSR count). The zero-order chi connectivity index (χ0) is 19.9. The Hall–Kier alpha value is -3.59. The Morgan fingerprint density at radius 3 is 1.97 bits per heavy atom. The average molecular weight is 392 g/mol. The van der Waals surface area contributed by atoms with Crippen LogP contribution in [0.2, 0.25) is 0 Å². The van der Waals surface area contributed by atoms with Gasteiger partial charge in [0.05, 0.1) is 13.2 Å². The van der Waals surface area contributed by atoms with E-state index in [9.17, 15) is 0 Å². The first-order valence-electron chi connectivity index (χ1n) is 9.21. The maximum absolute atomic E-state index is 5.78. The van der Waals surface area contributed by atoms with Gasteiger partial charge in [-0.15, -0.1) is 20.5 Å². The Morgan fingerprint density at radius 2 is 1.31 bits per heavy atom. The minimum atomic E-state index is 0.340. The van der Waals surface area contributed by atoms with Crippen LogP contribution in [-0.4, -0.2) is 36.4 Å². The summed E-state index contributed by atoms with van der Waals surface area (Å²) in [5.41, 5.74) is 1.19. The summed E-state index contributed by atoms with van der Waals surface area (Å²) in [4.78, 5) is 7.38. The Balaban J connectivity index is 1.69. The molecular weight excluding hydrogens is 372 g/mol. The van der Waals surface area contributed by atoms with Gasteiger partial charge in [-0.1, -0.05) is 24.3 Å². The molecule has 0 saturated heterocycles. The van der Waals surface area contributed by atoms with E-state index in [1.54, 1.807) is 0 Å². The van der Waals surface area contributed by atoms with Gasteiger partial charge in [0.25, 0.3) is 0 Å². The van der Waals surface area contributed by atoms with Crippen LogP contribution in [0.5, 0.6) is 11.5 Å². The highest BCUT2D eigenvalue weighted by Crippen LogP contribution is 2.33. The van der Waals surface area contributed by atoms with Gasteiger partial charge >= 0.3 is 0 Å². The first kappa shape index (κ1) is 18.8. The molecule has 1 N–H and O–H groups in total. The standard InChI is InChI=1S/C20H20N6O3/c1-14-21-19-20(22-14)26-24-16-7-3-5-9-18(16)29-13-11-27-10-12-28-17-8-4-2-6-15(17)23-25-19/h2-9H,10-13H2,1H3,(H,21,22). The monoisotopic (exact) mass is 392 g/mol. The van der Waals surface area contributed by atoms with Gasteiger partial charge in [-0.05, 0) is 31.2 Å². The second-order valence-corrected chi connectivity index (χ2v) is 6.14. The van der Waals surface area contributed by atoms with Crippen molar-refractivity contribution < 1.29 is 14.2 Å². The lowest BCUT2D eigenvalue weighted by Crippen LogP contribution is -2.12. The largest absolute Gasteiger partial charge is 0.489 e. The Morgan fingerprint density at radius 1 is 0.724 bits per heavy atom. The molecule has 2 aromatic carbocycles. The van der Waals surface area contributed by atoms with Gasteiger partial charge in [0.1, 0.15) is 41.9 Å². The number of nitrogens with zero attached hydrogens (tertiary/aromatic N) is 5. The smallest absolute Gasteiger partial charge is 0.221 e. The Bertz CT molecular complexity index is 952. The number of azo groups is 2. The van der Waals surface area contributed by atoms with E-state index in [0.29, 0.717) is 66.8 Å². The molecule has 0 fully saturated rings. The molecule has 0 saturated carbocycles. The van der Waals surface area contributed by atoms with Crippen molar-refractivity contribution in [2.45, 2.75) is 6.92 Å². The molecule has 0 aliphatic carbocycles. The molecule has 0 radical (unpaired) electrons. The first-order chi connectivity index (χ1) is 14.3. The van der Waals surface area contributed by atoms with E-state index in [-0.39, 0.29) is 0 Å². The van der Waals surface area contributed by atoms with Crippen molar-refractivity contribution in [1.29, 1.82) is 0 Å². The van der Waals surface area contributed by atoms with Gasteiger partial charge in [0.2, 0.25) is 11.6 Å². The molecule has 0 unspecified atom stereocenters. The molecule has 29 heavy (non-hydrogen) atoms. The third kappa shape index (κ3) is 4.82. The van der Waals surface area contributed by atoms with Crippen LogP contribution in [0.15, 0.2) is 69.0 Å².